The van der Waals surface area contributed by atoms with Gasteiger partial charge in [-0.2, -0.15) is 28.2 Å². The van der Waals surface area contributed by atoms with Crippen molar-refractivity contribution in [2.75, 3.05) is 35.2 Å². The van der Waals surface area contributed by atoms with Crippen molar-refractivity contribution >= 4 is 45.6 Å². The van der Waals surface area contributed by atoms with E-state index in [1.165, 1.54) is 17.2 Å². The number of nitrogens with zero attached hydrogens (tertiary/aromatic N) is 5. The molecule has 1 aliphatic heterocycles. The van der Waals surface area contributed by atoms with Crippen molar-refractivity contribution < 1.29 is 0 Å². The van der Waals surface area contributed by atoms with Gasteiger partial charge in [-0.15, -0.1) is 0 Å². The fourth-order valence-corrected chi connectivity index (χ4v) is 4.85. The Kier molecular flexibility index (Phi) is 4.21. The number of nitrogens with two attached hydrogens (primary N) is 1. The molecule has 0 spiro atoms. The van der Waals surface area contributed by atoms with E-state index in [1.54, 1.807) is 17.5 Å². The lowest BCUT2D eigenvalue weighted by molar-refractivity contribution is 0.856. The predicted molar refractivity (Wildman–Crippen MR) is 114 cm³/mol. The Balaban J connectivity index is 1.51. The highest BCUT2D eigenvalue weighted by atomic mass is 32.2. The van der Waals surface area contributed by atoms with E-state index >= 15 is 0 Å². The number of benzene rings is 1. The Labute approximate surface area is 165 Å². The van der Waals surface area contributed by atoms with Crippen LogP contribution >= 0.6 is 23.1 Å². The normalized spacial score (nSPS) is 14.7. The molecule has 4 heterocycles. The summed E-state index contributed by atoms with van der Waals surface area (Å²) >= 11 is 3.63. The maximum atomic E-state index is 6.27. The molecular weight excluding hydrogens is 376 g/mol. The summed E-state index contributed by atoms with van der Waals surface area (Å²) in [5, 5.41) is 8.53. The predicted octanol–water partition coefficient (Wildman–Crippen LogP) is 3.68. The van der Waals surface area contributed by atoms with Crippen LogP contribution in [0.5, 0.6) is 0 Å². The number of hydrogen-bond donors (Lipinski definition) is 1. The minimum Gasteiger partial charge on any atom is -0.382 e. The third-order valence-electron chi connectivity index (χ3n) is 4.70. The van der Waals surface area contributed by atoms with Crippen molar-refractivity contribution in [3.05, 3.63) is 47.3 Å². The maximum Gasteiger partial charge on any atom is 0.163 e. The van der Waals surface area contributed by atoms with Gasteiger partial charge in [0.05, 0.1) is 11.9 Å². The molecule has 1 aromatic carbocycles. The first-order valence-corrected chi connectivity index (χ1v) is 10.9. The molecule has 0 atom stereocenters. The molecule has 0 bridgehead atoms. The highest BCUT2D eigenvalue weighted by molar-refractivity contribution is 7.99. The van der Waals surface area contributed by atoms with Gasteiger partial charge >= 0.3 is 0 Å². The molecule has 1 fully saturated rings. The van der Waals surface area contributed by atoms with Crippen molar-refractivity contribution in [1.29, 1.82) is 0 Å². The molecule has 6 nitrogen and oxygen atoms in total. The third kappa shape index (κ3) is 3.04. The standard InChI is InChI=1S/C19H18N6S2/c20-18-17-16(22-19(23-18)13-5-8-27-12-13)11-21-25(17)15-3-1-14(2-4-15)24-6-9-26-10-7-24/h1-5,8,11-12H,6-7,9-10H2,(H2,20,22,23). The molecule has 8 heteroatoms. The Hall–Kier alpha value is -2.58. The van der Waals surface area contributed by atoms with Gasteiger partial charge in [-0.25, -0.2) is 14.6 Å². The van der Waals surface area contributed by atoms with E-state index in [-0.39, 0.29) is 0 Å². The van der Waals surface area contributed by atoms with Crippen LogP contribution in [0.3, 0.4) is 0 Å². The first kappa shape index (κ1) is 16.6. The quantitative estimate of drug-likeness (QED) is 0.571. The molecule has 0 amide bonds. The monoisotopic (exact) mass is 394 g/mol. The number of rotatable bonds is 3. The van der Waals surface area contributed by atoms with Crippen LogP contribution in [0.2, 0.25) is 0 Å². The van der Waals surface area contributed by atoms with Gasteiger partial charge in [-0.1, -0.05) is 0 Å². The Bertz CT molecular complexity index is 1070. The summed E-state index contributed by atoms with van der Waals surface area (Å²) in [6.45, 7) is 2.20. The van der Waals surface area contributed by atoms with Gasteiger partial charge in [0, 0.05) is 41.2 Å². The van der Waals surface area contributed by atoms with Crippen molar-refractivity contribution in [2.45, 2.75) is 0 Å². The molecule has 0 saturated carbocycles. The summed E-state index contributed by atoms with van der Waals surface area (Å²) in [4.78, 5) is 11.6. The number of fused-ring (bicyclic) bond motifs is 1. The average molecular weight is 395 g/mol. The second-order valence-corrected chi connectivity index (χ2v) is 8.36. The summed E-state index contributed by atoms with van der Waals surface area (Å²) < 4.78 is 1.82. The molecule has 0 aliphatic carbocycles. The molecule has 136 valence electrons. The smallest absolute Gasteiger partial charge is 0.163 e. The van der Waals surface area contributed by atoms with Crippen LogP contribution in [0.25, 0.3) is 28.1 Å². The minimum atomic E-state index is 0.441. The van der Waals surface area contributed by atoms with E-state index in [1.807, 2.05) is 33.3 Å². The lowest BCUT2D eigenvalue weighted by Crippen LogP contribution is -2.32. The molecule has 0 unspecified atom stereocenters. The minimum absolute atomic E-state index is 0.441. The number of thioether (sulfide) groups is 1. The Morgan fingerprint density at radius 2 is 1.74 bits per heavy atom. The van der Waals surface area contributed by atoms with Crippen LogP contribution in [-0.4, -0.2) is 44.3 Å². The largest absolute Gasteiger partial charge is 0.382 e. The molecule has 4 aromatic rings. The summed E-state index contributed by atoms with van der Waals surface area (Å²) in [7, 11) is 0. The number of hydrogen-bond acceptors (Lipinski definition) is 7. The maximum absolute atomic E-state index is 6.27. The lowest BCUT2D eigenvalue weighted by Gasteiger charge is -2.28. The molecule has 3 aromatic heterocycles. The fraction of sp³-hybridized carbons (Fsp3) is 0.211. The van der Waals surface area contributed by atoms with Crippen LogP contribution < -0.4 is 10.6 Å². The molecule has 1 aliphatic rings. The van der Waals surface area contributed by atoms with E-state index in [9.17, 15) is 0 Å². The van der Waals surface area contributed by atoms with Gasteiger partial charge in [0.1, 0.15) is 11.0 Å². The zero-order chi connectivity index (χ0) is 18.2. The molecule has 27 heavy (non-hydrogen) atoms. The van der Waals surface area contributed by atoms with E-state index in [4.69, 9.17) is 5.73 Å². The fourth-order valence-electron chi connectivity index (χ4n) is 3.31. The first-order valence-electron chi connectivity index (χ1n) is 8.76. The lowest BCUT2D eigenvalue weighted by atomic mass is 10.2. The van der Waals surface area contributed by atoms with E-state index in [0.717, 1.165) is 35.4 Å². The van der Waals surface area contributed by atoms with Gasteiger partial charge in [-0.3, -0.25) is 0 Å². The van der Waals surface area contributed by atoms with Gasteiger partial charge in [0.25, 0.3) is 0 Å². The SMILES string of the molecule is Nc1nc(-c2ccsc2)nc2cnn(-c3ccc(N4CCSCC4)cc3)c12. The van der Waals surface area contributed by atoms with Gasteiger partial charge < -0.3 is 10.6 Å². The number of nitrogen functional groups attached to an aromatic ring is 1. The highest BCUT2D eigenvalue weighted by Gasteiger charge is 2.15. The van der Waals surface area contributed by atoms with Crippen molar-refractivity contribution in [1.82, 2.24) is 19.7 Å². The van der Waals surface area contributed by atoms with Crippen molar-refractivity contribution in [3.8, 4) is 17.1 Å². The van der Waals surface area contributed by atoms with Gasteiger partial charge in [0.15, 0.2) is 11.6 Å². The zero-order valence-corrected chi connectivity index (χ0v) is 16.2. The summed E-state index contributed by atoms with van der Waals surface area (Å²) in [6, 6.07) is 10.4. The van der Waals surface area contributed by atoms with Crippen LogP contribution in [-0.2, 0) is 0 Å². The highest BCUT2D eigenvalue weighted by Crippen LogP contribution is 2.27. The topological polar surface area (TPSA) is 72.9 Å². The van der Waals surface area contributed by atoms with Crippen LogP contribution in [0.15, 0.2) is 47.3 Å². The summed E-state index contributed by atoms with van der Waals surface area (Å²) in [6.07, 6.45) is 1.75. The molecule has 1 saturated heterocycles. The van der Waals surface area contributed by atoms with Crippen LogP contribution in [0, 0.1) is 0 Å². The van der Waals surface area contributed by atoms with Crippen LogP contribution in [0.4, 0.5) is 11.5 Å². The van der Waals surface area contributed by atoms with E-state index in [0.29, 0.717) is 11.6 Å². The Morgan fingerprint density at radius 1 is 0.963 bits per heavy atom. The molecule has 2 N–H and O–H groups in total. The summed E-state index contributed by atoms with van der Waals surface area (Å²) in [5.74, 6) is 3.45. The van der Waals surface area contributed by atoms with Crippen LogP contribution in [0.1, 0.15) is 0 Å². The number of anilines is 2. The summed E-state index contributed by atoms with van der Waals surface area (Å²) in [5.41, 5.74) is 11.0. The number of thiophene rings is 1. The second-order valence-electron chi connectivity index (χ2n) is 6.35. The average Bonchev–Trinajstić information content (AvgIpc) is 3.39. The van der Waals surface area contributed by atoms with Gasteiger partial charge in [-0.05, 0) is 35.7 Å². The van der Waals surface area contributed by atoms with E-state index < -0.39 is 0 Å². The number of aromatic nitrogens is 4. The first-order chi connectivity index (χ1) is 13.3. The van der Waals surface area contributed by atoms with Gasteiger partial charge in [0.2, 0.25) is 0 Å². The van der Waals surface area contributed by atoms with E-state index in [2.05, 4.69) is 44.2 Å². The third-order valence-corrected chi connectivity index (χ3v) is 6.32. The Morgan fingerprint density at radius 3 is 2.48 bits per heavy atom. The second kappa shape index (κ2) is 6.86. The van der Waals surface area contributed by atoms with Crippen molar-refractivity contribution in [2.24, 2.45) is 0 Å². The molecule has 5 rings (SSSR count). The zero-order valence-electron chi connectivity index (χ0n) is 14.6. The van der Waals surface area contributed by atoms with Crippen molar-refractivity contribution in [3.63, 3.8) is 0 Å². The molecular formula is C19H18N6S2. The molecule has 0 radical (unpaired) electrons.